The Hall–Kier alpha value is -0.910. The molecule has 0 amide bonds. The lowest BCUT2D eigenvalue weighted by molar-refractivity contribution is -0.00117. The number of hydrogen-bond acceptors (Lipinski definition) is 4. The van der Waals surface area contributed by atoms with Crippen molar-refractivity contribution >= 4 is 5.96 Å². The van der Waals surface area contributed by atoms with Gasteiger partial charge in [-0.25, -0.2) is 8.78 Å². The van der Waals surface area contributed by atoms with Crippen LogP contribution in [0.3, 0.4) is 0 Å². The molecule has 0 aliphatic carbocycles. The first kappa shape index (κ1) is 10.2. The van der Waals surface area contributed by atoms with Gasteiger partial charge in [0, 0.05) is 20.1 Å². The van der Waals surface area contributed by atoms with Gasteiger partial charge in [0.05, 0.1) is 6.54 Å². The van der Waals surface area contributed by atoms with Crippen LogP contribution in [0.15, 0.2) is 4.99 Å². The van der Waals surface area contributed by atoms with Crippen molar-refractivity contribution in [3.63, 3.8) is 0 Å². The van der Waals surface area contributed by atoms with Gasteiger partial charge >= 0.3 is 0 Å². The molecule has 0 bridgehead atoms. The first-order valence-electron chi connectivity index (χ1n) is 4.07. The molecule has 0 aromatic rings. The van der Waals surface area contributed by atoms with Crippen LogP contribution in [0.4, 0.5) is 8.78 Å². The Kier molecular flexibility index (Phi) is 3.41. The van der Waals surface area contributed by atoms with Crippen LogP contribution in [0.1, 0.15) is 0 Å². The monoisotopic (exact) mass is 193 g/mol. The van der Waals surface area contributed by atoms with Crippen molar-refractivity contribution in [1.29, 1.82) is 0 Å². The van der Waals surface area contributed by atoms with Crippen molar-refractivity contribution < 1.29 is 13.9 Å². The predicted molar refractivity (Wildman–Crippen MR) is 44.9 cm³/mol. The van der Waals surface area contributed by atoms with Crippen LogP contribution >= 0.6 is 0 Å². The molecular weight excluding hydrogens is 180 g/mol. The van der Waals surface area contributed by atoms with Crippen LogP contribution in [-0.2, 0) is 0 Å². The van der Waals surface area contributed by atoms with Gasteiger partial charge in [0.1, 0.15) is 6.10 Å². The Bertz CT molecular complexity index is 198. The lowest BCUT2D eigenvalue weighted by Gasteiger charge is -2.17. The summed E-state index contributed by atoms with van der Waals surface area (Å²) in [4.78, 5) is 5.84. The topological polar surface area (TPSA) is 47.9 Å². The van der Waals surface area contributed by atoms with E-state index < -0.39 is 12.5 Å². The summed E-state index contributed by atoms with van der Waals surface area (Å²) in [5.41, 5.74) is 0. The molecule has 1 unspecified atom stereocenters. The molecule has 0 aromatic carbocycles. The van der Waals surface area contributed by atoms with E-state index in [1.807, 2.05) is 11.9 Å². The third-order valence-corrected chi connectivity index (χ3v) is 1.82. The highest BCUT2D eigenvalue weighted by Gasteiger charge is 2.19. The molecule has 76 valence electrons. The van der Waals surface area contributed by atoms with Gasteiger partial charge in [-0.15, -0.1) is 0 Å². The van der Waals surface area contributed by atoms with Gasteiger partial charge in [0.25, 0.3) is 6.43 Å². The number of guanidine groups is 1. The van der Waals surface area contributed by atoms with E-state index in [0.717, 1.165) is 6.54 Å². The quantitative estimate of drug-likeness (QED) is 0.635. The van der Waals surface area contributed by atoms with Crippen molar-refractivity contribution in [3.8, 4) is 0 Å². The van der Waals surface area contributed by atoms with Crippen molar-refractivity contribution in [1.82, 2.24) is 10.2 Å². The standard InChI is InChI=1S/C7H13F2N3O/c1-12-3-2-10-7(12)11-4-5(13)6(8)9/h5-6,13H,2-4H2,1H3,(H,10,11). The van der Waals surface area contributed by atoms with E-state index >= 15 is 0 Å². The molecule has 0 aromatic heterocycles. The highest BCUT2D eigenvalue weighted by Crippen LogP contribution is 2.00. The van der Waals surface area contributed by atoms with Gasteiger partial charge in [-0.2, -0.15) is 0 Å². The summed E-state index contributed by atoms with van der Waals surface area (Å²) in [5, 5.41) is 11.4. The Morgan fingerprint density at radius 2 is 2.38 bits per heavy atom. The number of nitrogens with zero attached hydrogens (tertiary/aromatic N) is 2. The van der Waals surface area contributed by atoms with Crippen molar-refractivity contribution in [2.75, 3.05) is 26.7 Å². The summed E-state index contributed by atoms with van der Waals surface area (Å²) >= 11 is 0. The number of nitrogens with one attached hydrogen (secondary N) is 1. The maximum Gasteiger partial charge on any atom is 0.265 e. The van der Waals surface area contributed by atoms with E-state index in [-0.39, 0.29) is 6.54 Å². The maximum atomic E-state index is 11.9. The molecule has 0 fully saturated rings. The number of hydrogen-bond donors (Lipinski definition) is 2. The SMILES string of the molecule is CN1CCN=C1NCC(O)C(F)F. The first-order chi connectivity index (χ1) is 6.11. The molecule has 0 spiro atoms. The molecule has 1 atom stereocenters. The molecule has 0 saturated carbocycles. The molecule has 13 heavy (non-hydrogen) atoms. The number of halogens is 2. The van der Waals surface area contributed by atoms with Crippen LogP contribution < -0.4 is 5.32 Å². The second kappa shape index (κ2) is 4.36. The summed E-state index contributed by atoms with van der Waals surface area (Å²) in [7, 11) is 1.81. The second-order valence-electron chi connectivity index (χ2n) is 2.91. The highest BCUT2D eigenvalue weighted by atomic mass is 19.3. The maximum absolute atomic E-state index is 11.9. The minimum Gasteiger partial charge on any atom is -0.385 e. The largest absolute Gasteiger partial charge is 0.385 e. The Balaban J connectivity index is 2.26. The van der Waals surface area contributed by atoms with E-state index in [2.05, 4.69) is 10.3 Å². The van der Waals surface area contributed by atoms with E-state index in [0.29, 0.717) is 12.5 Å². The summed E-state index contributed by atoms with van der Waals surface area (Å²) in [6.45, 7) is 1.29. The highest BCUT2D eigenvalue weighted by molar-refractivity contribution is 5.81. The Labute approximate surface area is 75.3 Å². The molecule has 0 radical (unpaired) electrons. The third kappa shape index (κ3) is 2.80. The van der Waals surface area contributed by atoms with Gasteiger partial charge in [-0.05, 0) is 0 Å². The smallest absolute Gasteiger partial charge is 0.265 e. The summed E-state index contributed by atoms with van der Waals surface area (Å²) in [6.07, 6.45) is -4.34. The lowest BCUT2D eigenvalue weighted by Crippen LogP contribution is -2.41. The lowest BCUT2D eigenvalue weighted by atomic mass is 10.4. The summed E-state index contributed by atoms with van der Waals surface area (Å²) in [6, 6.07) is 0. The zero-order valence-corrected chi connectivity index (χ0v) is 7.37. The van der Waals surface area contributed by atoms with Crippen LogP contribution in [0, 0.1) is 0 Å². The summed E-state index contributed by atoms with van der Waals surface area (Å²) < 4.78 is 23.7. The van der Waals surface area contributed by atoms with Crippen LogP contribution in [0.5, 0.6) is 0 Å². The molecule has 4 nitrogen and oxygen atoms in total. The molecule has 0 saturated heterocycles. The zero-order valence-electron chi connectivity index (χ0n) is 7.37. The number of aliphatic hydroxyl groups excluding tert-OH is 1. The molecule has 1 rings (SSSR count). The minimum absolute atomic E-state index is 0.166. The molecule has 1 aliphatic rings. The van der Waals surface area contributed by atoms with Gasteiger partial charge in [0.2, 0.25) is 0 Å². The number of alkyl halides is 2. The first-order valence-corrected chi connectivity index (χ1v) is 4.07. The average molecular weight is 193 g/mol. The van der Waals surface area contributed by atoms with E-state index in [1.54, 1.807) is 0 Å². The molecular formula is C7H13F2N3O. The second-order valence-corrected chi connectivity index (χ2v) is 2.91. The molecule has 1 heterocycles. The van der Waals surface area contributed by atoms with Gasteiger partial charge < -0.3 is 15.3 Å². The van der Waals surface area contributed by atoms with Crippen LogP contribution in [0.25, 0.3) is 0 Å². The fourth-order valence-corrected chi connectivity index (χ4v) is 1.01. The number of rotatable bonds is 3. The molecule has 6 heteroatoms. The predicted octanol–water partition coefficient (Wildman–Crippen LogP) is -0.497. The van der Waals surface area contributed by atoms with Crippen molar-refractivity contribution in [2.24, 2.45) is 4.99 Å². The molecule has 1 aliphatic heterocycles. The average Bonchev–Trinajstić information content (AvgIpc) is 2.47. The van der Waals surface area contributed by atoms with Gasteiger partial charge in [0.15, 0.2) is 5.96 Å². The zero-order chi connectivity index (χ0) is 9.84. The fourth-order valence-electron chi connectivity index (χ4n) is 1.01. The van der Waals surface area contributed by atoms with Gasteiger partial charge in [-0.1, -0.05) is 0 Å². The van der Waals surface area contributed by atoms with E-state index in [9.17, 15) is 8.78 Å². The Morgan fingerprint density at radius 3 is 2.85 bits per heavy atom. The molecule has 2 N–H and O–H groups in total. The Morgan fingerprint density at radius 1 is 1.69 bits per heavy atom. The van der Waals surface area contributed by atoms with Crippen LogP contribution in [0.2, 0.25) is 0 Å². The minimum atomic E-state index is -2.71. The number of aliphatic imine (C=N–C) groups is 1. The van der Waals surface area contributed by atoms with E-state index in [4.69, 9.17) is 5.11 Å². The fraction of sp³-hybridized carbons (Fsp3) is 0.857. The van der Waals surface area contributed by atoms with Gasteiger partial charge in [-0.3, -0.25) is 4.99 Å². The van der Waals surface area contributed by atoms with Crippen molar-refractivity contribution in [2.45, 2.75) is 12.5 Å². The number of likely N-dealkylation sites (N-methyl/N-ethyl adjacent to an activating group) is 1. The third-order valence-electron chi connectivity index (χ3n) is 1.82. The summed E-state index contributed by atoms with van der Waals surface area (Å²) in [5.74, 6) is 0.569. The van der Waals surface area contributed by atoms with Crippen molar-refractivity contribution in [3.05, 3.63) is 0 Å². The number of aliphatic hydroxyl groups is 1. The van der Waals surface area contributed by atoms with E-state index in [1.165, 1.54) is 0 Å². The van der Waals surface area contributed by atoms with Crippen LogP contribution in [-0.4, -0.2) is 55.2 Å². The normalized spacial score (nSPS) is 19.2.